The van der Waals surface area contributed by atoms with Crippen molar-refractivity contribution in [2.75, 3.05) is 40.3 Å². The molecule has 1 amide bonds. The SMILES string of the molecule is COc1cc(C(C)NC(=O)c2cc3ccc(N(C)C)cc3[nH]2)cc(OC)c1OC. The maximum absolute atomic E-state index is 12.8. The summed E-state index contributed by atoms with van der Waals surface area (Å²) in [5.74, 6) is 1.42. The molecule has 3 aromatic rings. The van der Waals surface area contributed by atoms with Gasteiger partial charge in [0.25, 0.3) is 5.91 Å². The summed E-state index contributed by atoms with van der Waals surface area (Å²) in [5.41, 5.74) is 3.34. The molecular weight excluding hydrogens is 370 g/mol. The number of anilines is 1. The van der Waals surface area contributed by atoms with Gasteiger partial charge in [-0.05, 0) is 42.8 Å². The van der Waals surface area contributed by atoms with Gasteiger partial charge in [0.05, 0.1) is 27.4 Å². The lowest BCUT2D eigenvalue weighted by Crippen LogP contribution is -2.27. The zero-order valence-corrected chi connectivity index (χ0v) is 17.6. The number of hydrogen-bond acceptors (Lipinski definition) is 5. The van der Waals surface area contributed by atoms with Crippen LogP contribution < -0.4 is 24.4 Å². The molecule has 0 bridgehead atoms. The van der Waals surface area contributed by atoms with Crippen LogP contribution in [-0.4, -0.2) is 46.3 Å². The highest BCUT2D eigenvalue weighted by Gasteiger charge is 2.19. The molecule has 0 aliphatic carbocycles. The van der Waals surface area contributed by atoms with E-state index in [9.17, 15) is 4.79 Å². The van der Waals surface area contributed by atoms with Crippen LogP contribution >= 0.6 is 0 Å². The van der Waals surface area contributed by atoms with E-state index < -0.39 is 0 Å². The van der Waals surface area contributed by atoms with E-state index >= 15 is 0 Å². The first-order valence-electron chi connectivity index (χ1n) is 9.28. The Morgan fingerprint density at radius 3 is 2.21 bits per heavy atom. The second-order valence-corrected chi connectivity index (χ2v) is 7.00. The fourth-order valence-electron chi connectivity index (χ4n) is 3.22. The molecule has 7 nitrogen and oxygen atoms in total. The third kappa shape index (κ3) is 4.08. The van der Waals surface area contributed by atoms with E-state index in [4.69, 9.17) is 14.2 Å². The molecule has 2 N–H and O–H groups in total. The molecule has 0 saturated heterocycles. The maximum atomic E-state index is 12.8. The molecule has 0 aliphatic rings. The van der Waals surface area contributed by atoms with Gasteiger partial charge in [0, 0.05) is 30.7 Å². The zero-order valence-electron chi connectivity index (χ0n) is 17.6. The topological polar surface area (TPSA) is 75.8 Å². The first-order chi connectivity index (χ1) is 13.9. The van der Waals surface area contributed by atoms with Crippen molar-refractivity contribution in [2.45, 2.75) is 13.0 Å². The monoisotopic (exact) mass is 397 g/mol. The number of nitrogens with one attached hydrogen (secondary N) is 2. The molecule has 7 heteroatoms. The Hall–Kier alpha value is -3.35. The number of amides is 1. The number of ether oxygens (including phenoxy) is 3. The van der Waals surface area contributed by atoms with Gasteiger partial charge in [-0.25, -0.2) is 0 Å². The van der Waals surface area contributed by atoms with Crippen molar-refractivity contribution in [3.63, 3.8) is 0 Å². The second kappa shape index (κ2) is 8.34. The van der Waals surface area contributed by atoms with Crippen molar-refractivity contribution < 1.29 is 19.0 Å². The summed E-state index contributed by atoms with van der Waals surface area (Å²) in [5, 5.41) is 4.01. The molecule has 0 radical (unpaired) electrons. The van der Waals surface area contributed by atoms with Gasteiger partial charge in [-0.15, -0.1) is 0 Å². The molecule has 0 saturated carbocycles. The van der Waals surface area contributed by atoms with Gasteiger partial charge >= 0.3 is 0 Å². The highest BCUT2D eigenvalue weighted by molar-refractivity contribution is 5.98. The Balaban J connectivity index is 1.84. The molecular formula is C22H27N3O4. The molecule has 0 spiro atoms. The summed E-state index contributed by atoms with van der Waals surface area (Å²) in [7, 11) is 8.66. The van der Waals surface area contributed by atoms with Gasteiger partial charge in [0.1, 0.15) is 5.69 Å². The molecule has 1 atom stereocenters. The van der Waals surface area contributed by atoms with Crippen LogP contribution in [0.5, 0.6) is 17.2 Å². The van der Waals surface area contributed by atoms with Gasteiger partial charge < -0.3 is 29.4 Å². The number of aromatic nitrogens is 1. The first-order valence-corrected chi connectivity index (χ1v) is 9.28. The zero-order chi connectivity index (χ0) is 21.1. The minimum atomic E-state index is -0.264. The average Bonchev–Trinajstić information content (AvgIpc) is 3.15. The molecule has 29 heavy (non-hydrogen) atoms. The van der Waals surface area contributed by atoms with Crippen molar-refractivity contribution in [1.29, 1.82) is 0 Å². The first kappa shape index (κ1) is 20.4. The lowest BCUT2D eigenvalue weighted by atomic mass is 10.1. The molecule has 0 fully saturated rings. The number of aromatic amines is 1. The molecule has 2 aromatic carbocycles. The highest BCUT2D eigenvalue weighted by Crippen LogP contribution is 2.39. The Bertz CT molecular complexity index is 1000. The van der Waals surface area contributed by atoms with Crippen LogP contribution in [0.15, 0.2) is 36.4 Å². The third-order valence-electron chi connectivity index (χ3n) is 4.90. The number of carbonyl (C=O) groups excluding carboxylic acids is 1. The van der Waals surface area contributed by atoms with E-state index in [-0.39, 0.29) is 11.9 Å². The quantitative estimate of drug-likeness (QED) is 0.635. The largest absolute Gasteiger partial charge is 0.493 e. The van der Waals surface area contributed by atoms with Crippen molar-refractivity contribution in [1.82, 2.24) is 10.3 Å². The molecule has 0 aliphatic heterocycles. The van der Waals surface area contributed by atoms with Crippen LogP contribution in [-0.2, 0) is 0 Å². The highest BCUT2D eigenvalue weighted by atomic mass is 16.5. The number of carbonyl (C=O) groups is 1. The van der Waals surface area contributed by atoms with Crippen LogP contribution in [0.25, 0.3) is 10.9 Å². The predicted octanol–water partition coefficient (Wildman–Crippen LogP) is 3.75. The van der Waals surface area contributed by atoms with E-state index in [2.05, 4.69) is 10.3 Å². The summed E-state index contributed by atoms with van der Waals surface area (Å²) in [6, 6.07) is 11.3. The normalized spacial score (nSPS) is 11.8. The number of H-pyrrole nitrogens is 1. The molecule has 3 rings (SSSR count). The van der Waals surface area contributed by atoms with Crippen LogP contribution in [0, 0.1) is 0 Å². The van der Waals surface area contributed by atoms with E-state index in [1.165, 1.54) is 0 Å². The van der Waals surface area contributed by atoms with Crippen LogP contribution in [0.3, 0.4) is 0 Å². The van der Waals surface area contributed by atoms with Crippen molar-refractivity contribution in [3.05, 3.63) is 47.7 Å². The van der Waals surface area contributed by atoms with Crippen molar-refractivity contribution >= 4 is 22.5 Å². The number of methoxy groups -OCH3 is 3. The van der Waals surface area contributed by atoms with Crippen molar-refractivity contribution in [3.8, 4) is 17.2 Å². The van der Waals surface area contributed by atoms with Gasteiger partial charge in [0.15, 0.2) is 11.5 Å². The summed E-state index contributed by atoms with van der Waals surface area (Å²) >= 11 is 0. The van der Waals surface area contributed by atoms with E-state index in [0.717, 1.165) is 22.2 Å². The Morgan fingerprint density at radius 2 is 1.66 bits per heavy atom. The summed E-state index contributed by atoms with van der Waals surface area (Å²) < 4.78 is 16.2. The second-order valence-electron chi connectivity index (χ2n) is 7.00. The summed E-state index contributed by atoms with van der Waals surface area (Å²) in [6.45, 7) is 1.91. The molecule has 154 valence electrons. The number of nitrogens with zero attached hydrogens (tertiary/aromatic N) is 1. The van der Waals surface area contributed by atoms with Crippen molar-refractivity contribution in [2.24, 2.45) is 0 Å². The van der Waals surface area contributed by atoms with Gasteiger partial charge in [-0.3, -0.25) is 4.79 Å². The van der Waals surface area contributed by atoms with Gasteiger partial charge in [-0.1, -0.05) is 6.07 Å². The van der Waals surface area contributed by atoms with Gasteiger partial charge in [-0.2, -0.15) is 0 Å². The fraction of sp³-hybridized carbons (Fsp3) is 0.318. The van der Waals surface area contributed by atoms with E-state index in [1.54, 1.807) is 21.3 Å². The minimum Gasteiger partial charge on any atom is -0.493 e. The third-order valence-corrected chi connectivity index (χ3v) is 4.90. The Labute approximate surface area is 170 Å². The standard InChI is InChI=1S/C22H27N3O4/c1-13(15-10-19(27-4)21(29-6)20(11-15)28-5)23-22(26)18-9-14-7-8-16(25(2)3)12-17(14)24-18/h7-13,24H,1-6H3,(H,23,26). The molecule has 1 unspecified atom stereocenters. The number of benzene rings is 2. The molecule has 1 heterocycles. The summed E-state index contributed by atoms with van der Waals surface area (Å²) in [6.07, 6.45) is 0. The van der Waals surface area contributed by atoms with E-state index in [1.807, 2.05) is 62.3 Å². The van der Waals surface area contributed by atoms with Crippen LogP contribution in [0.1, 0.15) is 29.0 Å². The lowest BCUT2D eigenvalue weighted by Gasteiger charge is -2.18. The number of hydrogen-bond donors (Lipinski definition) is 2. The number of rotatable bonds is 7. The minimum absolute atomic E-state index is 0.186. The predicted molar refractivity (Wildman–Crippen MR) is 115 cm³/mol. The van der Waals surface area contributed by atoms with Gasteiger partial charge in [0.2, 0.25) is 5.75 Å². The smallest absolute Gasteiger partial charge is 0.268 e. The van der Waals surface area contributed by atoms with Crippen LogP contribution in [0.4, 0.5) is 5.69 Å². The van der Waals surface area contributed by atoms with Crippen LogP contribution in [0.2, 0.25) is 0 Å². The fourth-order valence-corrected chi connectivity index (χ4v) is 3.22. The Kier molecular flexibility index (Phi) is 5.87. The maximum Gasteiger partial charge on any atom is 0.268 e. The average molecular weight is 397 g/mol. The Morgan fingerprint density at radius 1 is 1.00 bits per heavy atom. The number of fused-ring (bicyclic) bond motifs is 1. The molecule has 1 aromatic heterocycles. The summed E-state index contributed by atoms with van der Waals surface area (Å²) in [4.78, 5) is 18.0. The van der Waals surface area contributed by atoms with E-state index in [0.29, 0.717) is 22.9 Å². The lowest BCUT2D eigenvalue weighted by molar-refractivity contribution is 0.0935.